The fourth-order valence-corrected chi connectivity index (χ4v) is 2.61. The molecule has 0 amide bonds. The van der Waals surface area contributed by atoms with Crippen LogP contribution in [0.25, 0.3) is 5.57 Å². The van der Waals surface area contributed by atoms with Crippen LogP contribution in [0.4, 0.5) is 0 Å². The lowest BCUT2D eigenvalue weighted by Crippen LogP contribution is -2.22. The van der Waals surface area contributed by atoms with Crippen LogP contribution < -0.4 is 5.73 Å². The number of hydrogen-bond acceptors (Lipinski definition) is 1. The van der Waals surface area contributed by atoms with Crippen molar-refractivity contribution in [1.82, 2.24) is 0 Å². The summed E-state index contributed by atoms with van der Waals surface area (Å²) in [5.74, 6) is 0. The number of aryl methyl sites for hydroxylation is 2. The van der Waals surface area contributed by atoms with E-state index in [1.165, 1.54) is 35.1 Å². The second kappa shape index (κ2) is 4.06. The molecule has 16 heavy (non-hydrogen) atoms. The third-order valence-electron chi connectivity index (χ3n) is 3.63. The maximum absolute atomic E-state index is 5.70. The second-order valence-electron chi connectivity index (χ2n) is 5.40. The molecule has 0 fully saturated rings. The quantitative estimate of drug-likeness (QED) is 0.764. The highest BCUT2D eigenvalue weighted by molar-refractivity contribution is 5.74. The Hall–Kier alpha value is -1.08. The molecule has 0 heterocycles. The molecule has 1 nitrogen and oxygen atoms in total. The topological polar surface area (TPSA) is 26.0 Å². The molecule has 1 aromatic rings. The number of fused-ring (bicyclic) bond motifs is 1. The molecule has 0 radical (unpaired) electrons. The van der Waals surface area contributed by atoms with Crippen molar-refractivity contribution in [3.05, 3.63) is 41.0 Å². The highest BCUT2D eigenvalue weighted by atomic mass is 14.5. The largest absolute Gasteiger partial charge is 0.327 e. The predicted molar refractivity (Wildman–Crippen MR) is 70.3 cm³/mol. The van der Waals surface area contributed by atoms with Gasteiger partial charge in [0.05, 0.1) is 0 Å². The molecule has 0 atom stereocenters. The average Bonchev–Trinajstić information content (AvgIpc) is 2.23. The molecule has 1 aliphatic carbocycles. The predicted octanol–water partition coefficient (Wildman–Crippen LogP) is 3.31. The number of rotatable bonds is 1. The Balaban J connectivity index is 2.57. The van der Waals surface area contributed by atoms with E-state index >= 15 is 0 Å². The molecule has 0 aliphatic heterocycles. The third-order valence-corrected chi connectivity index (χ3v) is 3.63. The summed E-state index contributed by atoms with van der Waals surface area (Å²) in [6, 6.07) is 6.78. The van der Waals surface area contributed by atoms with Gasteiger partial charge in [0, 0.05) is 6.54 Å². The first kappa shape index (κ1) is 11.4. The van der Waals surface area contributed by atoms with Crippen LogP contribution in [-0.4, -0.2) is 6.54 Å². The SMILES string of the molecule is Cc1ccc2c(c1)/C(=C/CN)C(C)(C)CC2. The molecule has 0 saturated heterocycles. The van der Waals surface area contributed by atoms with E-state index in [2.05, 4.69) is 45.0 Å². The maximum atomic E-state index is 5.70. The van der Waals surface area contributed by atoms with Gasteiger partial charge in [0.25, 0.3) is 0 Å². The van der Waals surface area contributed by atoms with Gasteiger partial charge in [0.15, 0.2) is 0 Å². The Kier molecular flexibility index (Phi) is 2.90. The molecular formula is C15H21N. The number of nitrogens with two attached hydrogens (primary N) is 1. The highest BCUT2D eigenvalue weighted by Crippen LogP contribution is 2.44. The number of allylic oxidation sites excluding steroid dienone is 1. The second-order valence-corrected chi connectivity index (χ2v) is 5.40. The van der Waals surface area contributed by atoms with Crippen molar-refractivity contribution in [2.75, 3.05) is 6.54 Å². The van der Waals surface area contributed by atoms with Gasteiger partial charge in [-0.3, -0.25) is 0 Å². The van der Waals surface area contributed by atoms with Gasteiger partial charge in [0.2, 0.25) is 0 Å². The van der Waals surface area contributed by atoms with Gasteiger partial charge in [-0.25, -0.2) is 0 Å². The van der Waals surface area contributed by atoms with Gasteiger partial charge in [0.1, 0.15) is 0 Å². The summed E-state index contributed by atoms with van der Waals surface area (Å²) in [5, 5.41) is 0. The molecule has 2 N–H and O–H groups in total. The van der Waals surface area contributed by atoms with Crippen LogP contribution in [0.1, 0.15) is 37.0 Å². The lowest BCUT2D eigenvalue weighted by molar-refractivity contribution is 0.443. The van der Waals surface area contributed by atoms with Crippen LogP contribution in [-0.2, 0) is 6.42 Å². The molecular weight excluding hydrogens is 194 g/mol. The van der Waals surface area contributed by atoms with Crippen molar-refractivity contribution in [1.29, 1.82) is 0 Å². The first-order valence-corrected chi connectivity index (χ1v) is 6.05. The summed E-state index contributed by atoms with van der Waals surface area (Å²) in [5.41, 5.74) is 11.6. The van der Waals surface area contributed by atoms with Crippen LogP contribution in [0.2, 0.25) is 0 Å². The van der Waals surface area contributed by atoms with E-state index in [9.17, 15) is 0 Å². The average molecular weight is 215 g/mol. The molecule has 2 rings (SSSR count). The first-order valence-electron chi connectivity index (χ1n) is 6.05. The molecule has 1 aliphatic rings. The first-order chi connectivity index (χ1) is 7.54. The van der Waals surface area contributed by atoms with E-state index in [1.807, 2.05) is 0 Å². The highest BCUT2D eigenvalue weighted by Gasteiger charge is 2.29. The van der Waals surface area contributed by atoms with Gasteiger partial charge in [-0.05, 0) is 41.9 Å². The van der Waals surface area contributed by atoms with Crippen LogP contribution in [0.5, 0.6) is 0 Å². The monoisotopic (exact) mass is 215 g/mol. The lowest BCUT2D eigenvalue weighted by atomic mass is 9.70. The van der Waals surface area contributed by atoms with Crippen LogP contribution >= 0.6 is 0 Å². The zero-order valence-corrected chi connectivity index (χ0v) is 10.5. The van der Waals surface area contributed by atoms with Crippen molar-refractivity contribution in [3.63, 3.8) is 0 Å². The van der Waals surface area contributed by atoms with Gasteiger partial charge in [-0.2, -0.15) is 0 Å². The van der Waals surface area contributed by atoms with Crippen LogP contribution in [0.3, 0.4) is 0 Å². The van der Waals surface area contributed by atoms with E-state index in [-0.39, 0.29) is 5.41 Å². The Labute approximate surface area is 98.4 Å². The van der Waals surface area contributed by atoms with Crippen molar-refractivity contribution in [2.45, 2.75) is 33.6 Å². The van der Waals surface area contributed by atoms with Crippen molar-refractivity contribution in [2.24, 2.45) is 11.1 Å². The van der Waals surface area contributed by atoms with Crippen molar-refractivity contribution in [3.8, 4) is 0 Å². The minimum absolute atomic E-state index is 0.264. The minimum Gasteiger partial charge on any atom is -0.327 e. The van der Waals surface area contributed by atoms with Crippen LogP contribution in [0.15, 0.2) is 24.3 Å². The summed E-state index contributed by atoms with van der Waals surface area (Å²) in [7, 11) is 0. The number of hydrogen-bond donors (Lipinski definition) is 1. The van der Waals surface area contributed by atoms with E-state index in [4.69, 9.17) is 5.73 Å². The molecule has 1 heteroatoms. The summed E-state index contributed by atoms with van der Waals surface area (Å²) in [6.45, 7) is 7.42. The summed E-state index contributed by atoms with van der Waals surface area (Å²) in [4.78, 5) is 0. The Morgan fingerprint density at radius 2 is 2.12 bits per heavy atom. The summed E-state index contributed by atoms with van der Waals surface area (Å²) < 4.78 is 0. The molecule has 86 valence electrons. The zero-order valence-electron chi connectivity index (χ0n) is 10.5. The van der Waals surface area contributed by atoms with Crippen molar-refractivity contribution < 1.29 is 0 Å². The fraction of sp³-hybridized carbons (Fsp3) is 0.467. The lowest BCUT2D eigenvalue weighted by Gasteiger charge is -2.35. The summed E-state index contributed by atoms with van der Waals surface area (Å²) >= 11 is 0. The van der Waals surface area contributed by atoms with Gasteiger partial charge in [-0.15, -0.1) is 0 Å². The molecule has 0 aromatic heterocycles. The molecule has 0 spiro atoms. The minimum atomic E-state index is 0.264. The molecule has 1 aromatic carbocycles. The molecule has 0 unspecified atom stereocenters. The zero-order chi connectivity index (χ0) is 11.8. The Morgan fingerprint density at radius 1 is 1.38 bits per heavy atom. The van der Waals surface area contributed by atoms with Crippen molar-refractivity contribution >= 4 is 5.57 Å². The Morgan fingerprint density at radius 3 is 2.81 bits per heavy atom. The third kappa shape index (κ3) is 1.92. The van der Waals surface area contributed by atoms with Crippen LogP contribution in [0, 0.1) is 12.3 Å². The number of benzene rings is 1. The normalized spacial score (nSPS) is 20.9. The van der Waals surface area contributed by atoms with Gasteiger partial charge < -0.3 is 5.73 Å². The smallest absolute Gasteiger partial charge is 0.0113 e. The molecule has 0 saturated carbocycles. The van der Waals surface area contributed by atoms with E-state index in [0.717, 1.165) is 0 Å². The van der Waals surface area contributed by atoms with E-state index in [1.54, 1.807) is 0 Å². The standard InChI is InChI=1S/C15H21N/c1-11-4-5-12-6-8-15(2,3)14(7-9-16)13(12)10-11/h4-5,7,10H,6,8-9,16H2,1-3H3/b14-7-. The van der Waals surface area contributed by atoms with E-state index in [0.29, 0.717) is 6.54 Å². The molecule has 0 bridgehead atoms. The van der Waals surface area contributed by atoms with Gasteiger partial charge in [-0.1, -0.05) is 43.7 Å². The Bertz CT molecular complexity index is 427. The van der Waals surface area contributed by atoms with E-state index < -0.39 is 0 Å². The summed E-state index contributed by atoms with van der Waals surface area (Å²) in [6.07, 6.45) is 4.59. The van der Waals surface area contributed by atoms with Gasteiger partial charge >= 0.3 is 0 Å². The maximum Gasteiger partial charge on any atom is 0.0113 e. The fourth-order valence-electron chi connectivity index (χ4n) is 2.61.